The lowest BCUT2D eigenvalue weighted by Gasteiger charge is -2.55. The minimum Gasteiger partial charge on any atom is -0.354 e. The van der Waals surface area contributed by atoms with Gasteiger partial charge in [0, 0.05) is 18.0 Å². The molecule has 5 rings (SSSR count). The van der Waals surface area contributed by atoms with Gasteiger partial charge in [0.2, 0.25) is 5.91 Å². The number of amides is 1. The van der Waals surface area contributed by atoms with Gasteiger partial charge >= 0.3 is 0 Å². The van der Waals surface area contributed by atoms with Gasteiger partial charge in [-0.2, -0.15) is 0 Å². The van der Waals surface area contributed by atoms with E-state index in [9.17, 15) is 4.79 Å². The number of carbonyl (C=O) groups is 1. The van der Waals surface area contributed by atoms with E-state index in [-0.39, 0.29) is 23.9 Å². The van der Waals surface area contributed by atoms with E-state index in [1.54, 1.807) is 0 Å². The molecule has 0 aromatic heterocycles. The van der Waals surface area contributed by atoms with Gasteiger partial charge in [-0.15, -0.1) is 12.4 Å². The standard InChI is InChI=1S/C16H26N2O.ClH/c17-14(13-1-2-13)9-18-15(19)16-6-10-3-11(7-16)5-12(4-10)8-16;/h10-14H,1-9,17H2,(H,18,19);1H. The van der Waals surface area contributed by atoms with E-state index >= 15 is 0 Å². The van der Waals surface area contributed by atoms with Crippen LogP contribution in [0.5, 0.6) is 0 Å². The molecule has 0 aromatic rings. The van der Waals surface area contributed by atoms with Gasteiger partial charge in [-0.25, -0.2) is 0 Å². The van der Waals surface area contributed by atoms with Gasteiger partial charge in [0.1, 0.15) is 0 Å². The lowest BCUT2D eigenvalue weighted by Crippen LogP contribution is -2.55. The summed E-state index contributed by atoms with van der Waals surface area (Å²) in [6, 6.07) is 0.192. The van der Waals surface area contributed by atoms with Gasteiger partial charge in [-0.1, -0.05) is 0 Å². The van der Waals surface area contributed by atoms with E-state index in [0.29, 0.717) is 18.4 Å². The second-order valence-electron chi connectivity index (χ2n) is 7.91. The number of halogens is 1. The molecular formula is C16H27ClN2O. The highest BCUT2D eigenvalue weighted by molar-refractivity contribution is 5.85. The molecule has 1 amide bonds. The molecule has 1 unspecified atom stereocenters. The van der Waals surface area contributed by atoms with Crippen molar-refractivity contribution in [3.05, 3.63) is 0 Å². The molecule has 0 aromatic carbocycles. The lowest BCUT2D eigenvalue weighted by atomic mass is 9.49. The molecule has 3 N–H and O–H groups in total. The molecule has 0 radical (unpaired) electrons. The smallest absolute Gasteiger partial charge is 0.226 e. The van der Waals surface area contributed by atoms with Gasteiger partial charge in [-0.05, 0) is 75.0 Å². The number of carbonyl (C=O) groups excluding carboxylic acids is 1. The molecule has 0 heterocycles. The van der Waals surface area contributed by atoms with Crippen molar-refractivity contribution in [3.8, 4) is 0 Å². The summed E-state index contributed by atoms with van der Waals surface area (Å²) in [5.74, 6) is 3.54. The first-order valence-corrected chi connectivity index (χ1v) is 8.18. The second kappa shape index (κ2) is 5.17. The molecule has 5 aliphatic rings. The first-order valence-electron chi connectivity index (χ1n) is 8.18. The van der Waals surface area contributed by atoms with Gasteiger partial charge in [0.05, 0.1) is 0 Å². The molecule has 5 fully saturated rings. The van der Waals surface area contributed by atoms with E-state index in [1.165, 1.54) is 32.1 Å². The Balaban J connectivity index is 0.00000121. The van der Waals surface area contributed by atoms with Crippen LogP contribution in [0.25, 0.3) is 0 Å². The van der Waals surface area contributed by atoms with Crippen molar-refractivity contribution in [2.75, 3.05) is 6.54 Å². The van der Waals surface area contributed by atoms with Crippen LogP contribution in [0.1, 0.15) is 51.4 Å². The monoisotopic (exact) mass is 298 g/mol. The van der Waals surface area contributed by atoms with Crippen molar-refractivity contribution in [1.29, 1.82) is 0 Å². The summed E-state index contributed by atoms with van der Waals surface area (Å²) in [4.78, 5) is 12.7. The molecular weight excluding hydrogens is 272 g/mol. The fourth-order valence-corrected chi connectivity index (χ4v) is 5.48. The van der Waals surface area contributed by atoms with Crippen LogP contribution in [0, 0.1) is 29.1 Å². The minimum atomic E-state index is -0.00196. The zero-order valence-electron chi connectivity index (χ0n) is 12.1. The third-order valence-electron chi connectivity index (χ3n) is 6.25. The van der Waals surface area contributed by atoms with Crippen LogP contribution in [0.15, 0.2) is 0 Å². The van der Waals surface area contributed by atoms with Gasteiger partial charge in [0.15, 0.2) is 0 Å². The summed E-state index contributed by atoms with van der Waals surface area (Å²) in [6.45, 7) is 0.700. The van der Waals surface area contributed by atoms with E-state index in [1.807, 2.05) is 0 Å². The highest BCUT2D eigenvalue weighted by Crippen LogP contribution is 2.60. The molecule has 5 aliphatic carbocycles. The number of hydrogen-bond acceptors (Lipinski definition) is 2. The minimum absolute atomic E-state index is 0. The van der Waals surface area contributed by atoms with Crippen LogP contribution in [0.2, 0.25) is 0 Å². The quantitative estimate of drug-likeness (QED) is 0.838. The first-order chi connectivity index (χ1) is 9.14. The van der Waals surface area contributed by atoms with Crippen molar-refractivity contribution in [2.45, 2.75) is 57.4 Å². The third kappa shape index (κ3) is 2.48. The Morgan fingerprint density at radius 3 is 2.05 bits per heavy atom. The summed E-state index contributed by atoms with van der Waals surface area (Å²) in [5, 5.41) is 3.20. The summed E-state index contributed by atoms with van der Waals surface area (Å²) in [5.41, 5.74) is 6.10. The maximum absolute atomic E-state index is 12.7. The number of nitrogens with two attached hydrogens (primary N) is 1. The number of rotatable bonds is 4. The predicted molar refractivity (Wildman–Crippen MR) is 81.6 cm³/mol. The first kappa shape index (κ1) is 14.6. The average molecular weight is 299 g/mol. The molecule has 0 spiro atoms. The maximum atomic E-state index is 12.7. The van der Waals surface area contributed by atoms with Crippen LogP contribution < -0.4 is 11.1 Å². The Morgan fingerprint density at radius 2 is 1.60 bits per heavy atom. The van der Waals surface area contributed by atoms with Crippen molar-refractivity contribution in [3.63, 3.8) is 0 Å². The predicted octanol–water partition coefficient (Wildman–Crippen LogP) is 2.48. The largest absolute Gasteiger partial charge is 0.354 e. The number of hydrogen-bond donors (Lipinski definition) is 2. The van der Waals surface area contributed by atoms with E-state index in [4.69, 9.17) is 5.73 Å². The van der Waals surface area contributed by atoms with Crippen molar-refractivity contribution < 1.29 is 4.79 Å². The topological polar surface area (TPSA) is 55.1 Å². The summed E-state index contributed by atoms with van der Waals surface area (Å²) < 4.78 is 0. The Morgan fingerprint density at radius 1 is 1.10 bits per heavy atom. The highest BCUT2D eigenvalue weighted by Gasteiger charge is 2.54. The fraction of sp³-hybridized carbons (Fsp3) is 0.938. The van der Waals surface area contributed by atoms with Gasteiger partial charge in [0.25, 0.3) is 0 Å². The molecule has 3 nitrogen and oxygen atoms in total. The van der Waals surface area contributed by atoms with E-state index < -0.39 is 0 Å². The van der Waals surface area contributed by atoms with Crippen LogP contribution in [0.3, 0.4) is 0 Å². The zero-order chi connectivity index (χ0) is 13.0. The molecule has 114 valence electrons. The Bertz CT molecular complexity index is 359. The SMILES string of the molecule is Cl.NC(CNC(=O)C12CC3CC(CC(C3)C1)C2)C1CC1. The van der Waals surface area contributed by atoms with Crippen molar-refractivity contribution in [1.82, 2.24) is 5.32 Å². The van der Waals surface area contributed by atoms with E-state index in [2.05, 4.69) is 5.32 Å². The van der Waals surface area contributed by atoms with Crippen LogP contribution in [-0.4, -0.2) is 18.5 Å². The highest BCUT2D eigenvalue weighted by atomic mass is 35.5. The van der Waals surface area contributed by atoms with Gasteiger partial charge < -0.3 is 11.1 Å². The Kier molecular flexibility index (Phi) is 3.79. The Labute approximate surface area is 127 Å². The van der Waals surface area contributed by atoms with Crippen LogP contribution >= 0.6 is 12.4 Å². The summed E-state index contributed by atoms with van der Waals surface area (Å²) in [7, 11) is 0. The summed E-state index contributed by atoms with van der Waals surface area (Å²) in [6.07, 6.45) is 10.2. The Hall–Kier alpha value is -0.280. The second-order valence-corrected chi connectivity index (χ2v) is 7.91. The van der Waals surface area contributed by atoms with Crippen molar-refractivity contribution >= 4 is 18.3 Å². The average Bonchev–Trinajstić information content (AvgIpc) is 3.18. The van der Waals surface area contributed by atoms with Crippen molar-refractivity contribution in [2.24, 2.45) is 34.8 Å². The molecule has 4 heteroatoms. The van der Waals surface area contributed by atoms with Crippen LogP contribution in [0.4, 0.5) is 0 Å². The normalized spacial score (nSPS) is 43.0. The van der Waals surface area contributed by atoms with Gasteiger partial charge in [-0.3, -0.25) is 4.79 Å². The van der Waals surface area contributed by atoms with E-state index in [0.717, 1.165) is 37.0 Å². The fourth-order valence-electron chi connectivity index (χ4n) is 5.48. The molecule has 0 aliphatic heterocycles. The third-order valence-corrected chi connectivity index (χ3v) is 6.25. The number of nitrogens with one attached hydrogen (secondary N) is 1. The lowest BCUT2D eigenvalue weighted by molar-refractivity contribution is -0.146. The maximum Gasteiger partial charge on any atom is 0.226 e. The van der Waals surface area contributed by atoms with Crippen LogP contribution in [-0.2, 0) is 4.79 Å². The molecule has 4 bridgehead atoms. The summed E-state index contributed by atoms with van der Waals surface area (Å²) >= 11 is 0. The molecule has 1 atom stereocenters. The zero-order valence-corrected chi connectivity index (χ0v) is 13.0. The molecule has 0 saturated heterocycles. The molecule has 20 heavy (non-hydrogen) atoms. The molecule has 5 saturated carbocycles.